The lowest BCUT2D eigenvalue weighted by Gasteiger charge is -2.08. The zero-order valence-electron chi connectivity index (χ0n) is 12.1. The lowest BCUT2D eigenvalue weighted by atomic mass is 10.2. The number of aliphatic hydroxyl groups excluding tert-OH is 1. The molecule has 0 bridgehead atoms. The molecular formula is C15H21N5O. The Hall–Kier alpha value is -1.95. The van der Waals surface area contributed by atoms with E-state index in [2.05, 4.69) is 33.0 Å². The van der Waals surface area contributed by atoms with Crippen LogP contribution in [0.2, 0.25) is 0 Å². The Morgan fingerprint density at radius 1 is 1.24 bits per heavy atom. The van der Waals surface area contributed by atoms with Gasteiger partial charge in [0.05, 0.1) is 6.04 Å². The highest BCUT2D eigenvalue weighted by Crippen LogP contribution is 2.36. The summed E-state index contributed by atoms with van der Waals surface area (Å²) < 4.78 is 1.93. The molecule has 112 valence electrons. The molecule has 2 N–H and O–H groups in total. The van der Waals surface area contributed by atoms with Gasteiger partial charge in [0.15, 0.2) is 5.82 Å². The van der Waals surface area contributed by atoms with Gasteiger partial charge in [0, 0.05) is 24.4 Å². The van der Waals surface area contributed by atoms with Crippen molar-refractivity contribution in [2.45, 2.75) is 38.1 Å². The second kappa shape index (κ2) is 6.67. The van der Waals surface area contributed by atoms with Gasteiger partial charge in [-0.3, -0.25) is 0 Å². The normalized spacial score (nSPS) is 14.3. The summed E-state index contributed by atoms with van der Waals surface area (Å²) in [6.45, 7) is 1.19. The number of unbranched alkanes of at least 4 members (excludes halogenated alkanes) is 2. The van der Waals surface area contributed by atoms with Gasteiger partial charge in [-0.05, 0) is 54.7 Å². The van der Waals surface area contributed by atoms with Crippen LogP contribution in [-0.2, 0) is 0 Å². The molecule has 21 heavy (non-hydrogen) atoms. The van der Waals surface area contributed by atoms with Crippen molar-refractivity contribution in [3.05, 3.63) is 24.3 Å². The molecule has 0 atom stereocenters. The van der Waals surface area contributed by atoms with Gasteiger partial charge in [-0.15, -0.1) is 5.10 Å². The van der Waals surface area contributed by atoms with Gasteiger partial charge in [0.1, 0.15) is 0 Å². The van der Waals surface area contributed by atoms with Crippen LogP contribution in [0.3, 0.4) is 0 Å². The SMILES string of the molecule is OCCCCCNc1cccc(-c2nnnn2C2CC2)c1. The van der Waals surface area contributed by atoms with Crippen LogP contribution < -0.4 is 5.32 Å². The van der Waals surface area contributed by atoms with Crippen LogP contribution in [0.4, 0.5) is 5.69 Å². The van der Waals surface area contributed by atoms with Crippen LogP contribution in [0, 0.1) is 0 Å². The number of rotatable bonds is 8. The van der Waals surface area contributed by atoms with Crippen molar-refractivity contribution < 1.29 is 5.11 Å². The predicted molar refractivity (Wildman–Crippen MR) is 81.0 cm³/mol. The number of tetrazole rings is 1. The smallest absolute Gasteiger partial charge is 0.182 e. The van der Waals surface area contributed by atoms with Crippen molar-refractivity contribution in [3.63, 3.8) is 0 Å². The van der Waals surface area contributed by atoms with E-state index in [9.17, 15) is 0 Å². The molecular weight excluding hydrogens is 266 g/mol. The van der Waals surface area contributed by atoms with E-state index in [1.54, 1.807) is 0 Å². The number of anilines is 1. The van der Waals surface area contributed by atoms with Crippen molar-refractivity contribution in [1.29, 1.82) is 0 Å². The summed E-state index contributed by atoms with van der Waals surface area (Å²) in [6.07, 6.45) is 5.31. The lowest BCUT2D eigenvalue weighted by Crippen LogP contribution is -2.03. The molecule has 1 saturated carbocycles. The number of aliphatic hydroxyl groups is 1. The van der Waals surface area contributed by atoms with Crippen LogP contribution in [0.5, 0.6) is 0 Å². The second-order valence-corrected chi connectivity index (χ2v) is 5.47. The molecule has 1 aromatic heterocycles. The Kier molecular flexibility index (Phi) is 4.45. The number of nitrogens with one attached hydrogen (secondary N) is 1. The van der Waals surface area contributed by atoms with Crippen molar-refractivity contribution in [2.24, 2.45) is 0 Å². The van der Waals surface area contributed by atoms with Crippen molar-refractivity contribution in [1.82, 2.24) is 20.2 Å². The van der Waals surface area contributed by atoms with Gasteiger partial charge in [-0.1, -0.05) is 12.1 Å². The molecule has 0 aliphatic heterocycles. The van der Waals surface area contributed by atoms with E-state index in [4.69, 9.17) is 5.11 Å². The van der Waals surface area contributed by atoms with Gasteiger partial charge >= 0.3 is 0 Å². The third-order valence-corrected chi connectivity index (χ3v) is 3.67. The molecule has 0 unspecified atom stereocenters. The van der Waals surface area contributed by atoms with E-state index < -0.39 is 0 Å². The Bertz CT molecular complexity index is 579. The molecule has 0 radical (unpaired) electrons. The zero-order valence-corrected chi connectivity index (χ0v) is 12.1. The quantitative estimate of drug-likeness (QED) is 0.728. The maximum Gasteiger partial charge on any atom is 0.182 e. The summed E-state index contributed by atoms with van der Waals surface area (Å²) in [7, 11) is 0. The predicted octanol–water partition coefficient (Wildman–Crippen LogP) is 2.25. The van der Waals surface area contributed by atoms with Crippen LogP contribution >= 0.6 is 0 Å². The molecule has 1 aliphatic rings. The minimum atomic E-state index is 0.277. The summed E-state index contributed by atoms with van der Waals surface area (Å²) in [6, 6.07) is 8.70. The molecule has 1 aromatic carbocycles. The summed E-state index contributed by atoms with van der Waals surface area (Å²) in [4.78, 5) is 0. The molecule has 2 aromatic rings. The third kappa shape index (κ3) is 3.58. The maximum atomic E-state index is 8.76. The van der Waals surface area contributed by atoms with Gasteiger partial charge in [-0.25, -0.2) is 4.68 Å². The highest BCUT2D eigenvalue weighted by Gasteiger charge is 2.28. The molecule has 0 saturated heterocycles. The number of aromatic nitrogens is 4. The second-order valence-electron chi connectivity index (χ2n) is 5.47. The van der Waals surface area contributed by atoms with Gasteiger partial charge in [-0.2, -0.15) is 0 Å². The molecule has 1 fully saturated rings. The van der Waals surface area contributed by atoms with E-state index in [0.717, 1.165) is 42.9 Å². The first-order chi connectivity index (χ1) is 10.4. The molecule has 1 heterocycles. The highest BCUT2D eigenvalue weighted by molar-refractivity contribution is 5.62. The van der Waals surface area contributed by atoms with Crippen LogP contribution in [0.25, 0.3) is 11.4 Å². The fourth-order valence-corrected chi connectivity index (χ4v) is 2.36. The summed E-state index contributed by atoms with van der Waals surface area (Å²) in [5, 5.41) is 24.2. The first-order valence-electron chi connectivity index (χ1n) is 7.61. The minimum absolute atomic E-state index is 0.277. The fourth-order valence-electron chi connectivity index (χ4n) is 2.36. The molecule has 6 nitrogen and oxygen atoms in total. The van der Waals surface area contributed by atoms with Crippen molar-refractivity contribution >= 4 is 5.69 Å². The van der Waals surface area contributed by atoms with E-state index in [1.807, 2.05) is 16.8 Å². The fraction of sp³-hybridized carbons (Fsp3) is 0.533. The Morgan fingerprint density at radius 2 is 2.14 bits per heavy atom. The summed E-state index contributed by atoms with van der Waals surface area (Å²) >= 11 is 0. The Labute approximate surface area is 124 Å². The summed E-state index contributed by atoms with van der Waals surface area (Å²) in [5.41, 5.74) is 2.13. The number of benzene rings is 1. The van der Waals surface area contributed by atoms with Crippen LogP contribution in [-0.4, -0.2) is 38.5 Å². The zero-order chi connectivity index (χ0) is 14.5. The van der Waals surface area contributed by atoms with E-state index in [0.29, 0.717) is 6.04 Å². The monoisotopic (exact) mass is 287 g/mol. The topological polar surface area (TPSA) is 75.9 Å². The number of hydrogen-bond donors (Lipinski definition) is 2. The molecule has 3 rings (SSSR count). The molecule has 0 amide bonds. The standard InChI is InChI=1S/C15H21N5O/c21-10-3-1-2-9-16-13-6-4-5-12(11-13)15-17-18-19-20(15)14-7-8-14/h4-6,11,14,16,21H,1-3,7-10H2. The largest absolute Gasteiger partial charge is 0.396 e. The van der Waals surface area contributed by atoms with Crippen molar-refractivity contribution in [3.8, 4) is 11.4 Å². The average molecular weight is 287 g/mol. The Morgan fingerprint density at radius 3 is 2.95 bits per heavy atom. The van der Waals surface area contributed by atoms with E-state index in [1.165, 1.54) is 12.8 Å². The average Bonchev–Trinajstić information content (AvgIpc) is 3.24. The van der Waals surface area contributed by atoms with Gasteiger partial charge in [0.2, 0.25) is 0 Å². The van der Waals surface area contributed by atoms with E-state index in [-0.39, 0.29) is 6.61 Å². The van der Waals surface area contributed by atoms with Gasteiger partial charge in [0.25, 0.3) is 0 Å². The number of nitrogens with zero attached hydrogens (tertiary/aromatic N) is 4. The Balaban J connectivity index is 1.64. The maximum absolute atomic E-state index is 8.76. The first kappa shape index (κ1) is 14.0. The highest BCUT2D eigenvalue weighted by atomic mass is 16.2. The number of hydrogen-bond acceptors (Lipinski definition) is 5. The minimum Gasteiger partial charge on any atom is -0.396 e. The first-order valence-corrected chi connectivity index (χ1v) is 7.61. The molecule has 0 spiro atoms. The van der Waals surface area contributed by atoms with E-state index >= 15 is 0 Å². The van der Waals surface area contributed by atoms with Crippen LogP contribution in [0.1, 0.15) is 38.1 Å². The lowest BCUT2D eigenvalue weighted by molar-refractivity contribution is 0.283. The van der Waals surface area contributed by atoms with Gasteiger partial charge < -0.3 is 10.4 Å². The van der Waals surface area contributed by atoms with Crippen molar-refractivity contribution in [2.75, 3.05) is 18.5 Å². The summed E-state index contributed by atoms with van der Waals surface area (Å²) in [5.74, 6) is 0.849. The molecule has 1 aliphatic carbocycles. The third-order valence-electron chi connectivity index (χ3n) is 3.67. The molecule has 6 heteroatoms. The van der Waals surface area contributed by atoms with Crippen LogP contribution in [0.15, 0.2) is 24.3 Å².